The van der Waals surface area contributed by atoms with E-state index in [1.165, 1.54) is 0 Å². The van der Waals surface area contributed by atoms with E-state index >= 15 is 0 Å². The van der Waals surface area contributed by atoms with Gasteiger partial charge in [-0.05, 0) is 26.7 Å². The minimum absolute atomic E-state index is 0.172. The third-order valence-electron chi connectivity index (χ3n) is 3.99. The van der Waals surface area contributed by atoms with E-state index in [0.29, 0.717) is 20.3 Å². The summed E-state index contributed by atoms with van der Waals surface area (Å²) in [5.74, 6) is -3.65. The number of ketones is 1. The third-order valence-corrected chi connectivity index (χ3v) is 3.99. The number of Topliss-reactive ketones (excluding diaryl/α,β-unsaturated/α-hetero) is 1. The molecule has 0 radical (unpaired) electrons. The van der Waals surface area contributed by atoms with E-state index in [2.05, 4.69) is 10.1 Å². The number of carbonyl (C=O) groups excluding carboxylic acids is 5. The molecule has 13 heteroatoms. The van der Waals surface area contributed by atoms with E-state index in [9.17, 15) is 37.1 Å². The average Bonchev–Trinajstić information content (AvgIpc) is 3.05. The Bertz CT molecular complexity index is 665. The van der Waals surface area contributed by atoms with Gasteiger partial charge >= 0.3 is 12.3 Å². The zero-order valence-corrected chi connectivity index (χ0v) is 15.2. The molecule has 0 aromatic rings. The zero-order valence-electron chi connectivity index (χ0n) is 15.2. The number of nitrogens with zero attached hydrogens (tertiary/aromatic N) is 1. The van der Waals surface area contributed by atoms with E-state index in [-0.39, 0.29) is 13.0 Å². The Morgan fingerprint density at radius 1 is 1.11 bits per heavy atom. The van der Waals surface area contributed by atoms with Gasteiger partial charge < -0.3 is 26.0 Å². The molecule has 0 aromatic carbocycles. The molecule has 4 amide bonds. The first-order valence-electron chi connectivity index (χ1n) is 8.19. The van der Waals surface area contributed by atoms with Crippen molar-refractivity contribution < 1.29 is 41.9 Å². The fraction of sp³-hybridized carbons (Fsp3) is 0.667. The molecule has 1 aliphatic rings. The lowest BCUT2D eigenvalue weighted by atomic mass is 10.1. The summed E-state index contributed by atoms with van der Waals surface area (Å²) in [4.78, 5) is 58.7. The van der Waals surface area contributed by atoms with Crippen LogP contribution in [0.3, 0.4) is 0 Å². The molecule has 158 valence electrons. The number of amides is 4. The fourth-order valence-electron chi connectivity index (χ4n) is 2.29. The molecular weight excluding hydrogens is 389 g/mol. The largest absolute Gasteiger partial charge is 0.434 e. The maximum Gasteiger partial charge on any atom is 0.427 e. The topological polar surface area (TPSA) is 148 Å². The minimum atomic E-state index is -4.80. The van der Waals surface area contributed by atoms with Crippen molar-refractivity contribution in [1.29, 1.82) is 0 Å². The number of hydrogen-bond donors (Lipinski definition) is 3. The number of alkyl halides is 3. The van der Waals surface area contributed by atoms with Gasteiger partial charge in [0.2, 0.25) is 23.2 Å². The quantitative estimate of drug-likeness (QED) is 0.469. The van der Waals surface area contributed by atoms with Crippen molar-refractivity contribution in [3.05, 3.63) is 0 Å². The van der Waals surface area contributed by atoms with Gasteiger partial charge in [0, 0.05) is 6.54 Å². The van der Waals surface area contributed by atoms with Crippen LogP contribution in [0.4, 0.5) is 18.0 Å². The second-order valence-corrected chi connectivity index (χ2v) is 6.50. The summed E-state index contributed by atoms with van der Waals surface area (Å²) < 4.78 is 42.3. The van der Waals surface area contributed by atoms with Gasteiger partial charge in [-0.3, -0.25) is 19.2 Å². The summed E-state index contributed by atoms with van der Waals surface area (Å²) in [7, 11) is 0. The van der Waals surface area contributed by atoms with E-state index in [1.54, 1.807) is 0 Å². The first-order chi connectivity index (χ1) is 12.8. The van der Waals surface area contributed by atoms with Crippen molar-refractivity contribution >= 4 is 29.6 Å². The maximum absolute atomic E-state index is 12.7. The Balaban J connectivity index is 2.56. The van der Waals surface area contributed by atoms with Crippen LogP contribution in [0.1, 0.15) is 26.7 Å². The normalized spacial score (nSPS) is 17.0. The first kappa shape index (κ1) is 23.2. The number of nitrogens with one attached hydrogen (secondary N) is 2. The van der Waals surface area contributed by atoms with Gasteiger partial charge in [0.25, 0.3) is 5.91 Å². The van der Waals surface area contributed by atoms with Crippen molar-refractivity contribution in [2.45, 2.75) is 44.5 Å². The van der Waals surface area contributed by atoms with Crippen molar-refractivity contribution in [2.24, 2.45) is 5.73 Å². The second kappa shape index (κ2) is 8.89. The standard InChI is InChI=1S/C15H21F3N4O6/c1-14(2,15(16,17)18)28-13(27)21-7-10(24)22-5-3-4-8(22)12(26)20-6-9(23)11(19)25/h8H,3-7H2,1-2H3,(H2,19,25)(H,20,26)(H,21,27)/t8-/m0/s1. The molecule has 0 aromatic heterocycles. The van der Waals surface area contributed by atoms with Crippen LogP contribution in [0.5, 0.6) is 0 Å². The van der Waals surface area contributed by atoms with Gasteiger partial charge in [0.15, 0.2) is 0 Å². The molecule has 1 saturated heterocycles. The molecule has 0 aliphatic carbocycles. The van der Waals surface area contributed by atoms with Gasteiger partial charge in [-0.1, -0.05) is 0 Å². The molecular formula is C15H21F3N4O6. The van der Waals surface area contributed by atoms with Gasteiger partial charge in [0.05, 0.1) is 6.54 Å². The fourth-order valence-corrected chi connectivity index (χ4v) is 2.29. The van der Waals surface area contributed by atoms with Crippen molar-refractivity contribution in [1.82, 2.24) is 15.5 Å². The molecule has 10 nitrogen and oxygen atoms in total. The highest BCUT2D eigenvalue weighted by Crippen LogP contribution is 2.32. The van der Waals surface area contributed by atoms with Crippen LogP contribution in [-0.2, 0) is 23.9 Å². The Morgan fingerprint density at radius 2 is 1.71 bits per heavy atom. The summed E-state index contributed by atoms with van der Waals surface area (Å²) in [5.41, 5.74) is 2.02. The highest BCUT2D eigenvalue weighted by Gasteiger charge is 2.51. The Morgan fingerprint density at radius 3 is 2.25 bits per heavy atom. The predicted octanol–water partition coefficient (Wildman–Crippen LogP) is -0.785. The number of ether oxygens (including phenoxy) is 1. The van der Waals surface area contributed by atoms with Crippen LogP contribution in [0.2, 0.25) is 0 Å². The van der Waals surface area contributed by atoms with Crippen LogP contribution < -0.4 is 16.4 Å². The highest BCUT2D eigenvalue weighted by atomic mass is 19.4. The molecule has 1 atom stereocenters. The number of rotatable bonds is 7. The molecule has 28 heavy (non-hydrogen) atoms. The molecule has 1 aliphatic heterocycles. The lowest BCUT2D eigenvalue weighted by molar-refractivity contribution is -0.243. The summed E-state index contributed by atoms with van der Waals surface area (Å²) in [5, 5.41) is 4.10. The number of hydrogen-bond acceptors (Lipinski definition) is 6. The van der Waals surface area contributed by atoms with Gasteiger partial charge in [0.1, 0.15) is 12.6 Å². The van der Waals surface area contributed by atoms with Gasteiger partial charge in [-0.25, -0.2) is 4.79 Å². The summed E-state index contributed by atoms with van der Waals surface area (Å²) in [6, 6.07) is -0.947. The van der Waals surface area contributed by atoms with Crippen LogP contribution in [0.25, 0.3) is 0 Å². The van der Waals surface area contributed by atoms with E-state index in [0.717, 1.165) is 4.90 Å². The second-order valence-electron chi connectivity index (χ2n) is 6.50. The molecule has 0 bridgehead atoms. The number of halogens is 3. The molecule has 0 unspecified atom stereocenters. The van der Waals surface area contributed by atoms with E-state index in [4.69, 9.17) is 5.73 Å². The van der Waals surface area contributed by atoms with Gasteiger partial charge in [-0.2, -0.15) is 13.2 Å². The lowest BCUT2D eigenvalue weighted by Gasteiger charge is -2.28. The number of nitrogens with two attached hydrogens (primary N) is 1. The van der Waals surface area contributed by atoms with E-state index < -0.39 is 60.5 Å². The van der Waals surface area contributed by atoms with Crippen LogP contribution >= 0.6 is 0 Å². The summed E-state index contributed by atoms with van der Waals surface area (Å²) in [6.07, 6.45) is -5.51. The number of alkyl carbamates (subject to hydrolysis) is 1. The number of likely N-dealkylation sites (tertiary alicyclic amines) is 1. The maximum atomic E-state index is 12.7. The van der Waals surface area contributed by atoms with Crippen molar-refractivity contribution in [3.8, 4) is 0 Å². The van der Waals surface area contributed by atoms with Crippen molar-refractivity contribution in [2.75, 3.05) is 19.6 Å². The Hall–Kier alpha value is -2.86. The monoisotopic (exact) mass is 410 g/mol. The lowest BCUT2D eigenvalue weighted by Crippen LogP contribution is -2.51. The smallest absolute Gasteiger partial charge is 0.427 e. The van der Waals surface area contributed by atoms with Crippen LogP contribution in [0, 0.1) is 0 Å². The molecule has 0 saturated carbocycles. The predicted molar refractivity (Wildman–Crippen MR) is 86.6 cm³/mol. The van der Waals surface area contributed by atoms with Crippen LogP contribution in [0.15, 0.2) is 0 Å². The van der Waals surface area contributed by atoms with E-state index in [1.807, 2.05) is 5.32 Å². The molecule has 1 heterocycles. The Kier molecular flexibility index (Phi) is 7.36. The number of primary amides is 1. The molecule has 0 spiro atoms. The number of carbonyl (C=O) groups is 5. The SMILES string of the molecule is CC(C)(OC(=O)NCC(=O)N1CCC[C@H]1C(=O)NCC(=O)C(N)=O)C(F)(F)F. The zero-order chi connectivity index (χ0) is 21.7. The first-order valence-corrected chi connectivity index (χ1v) is 8.19. The minimum Gasteiger partial charge on any atom is -0.434 e. The molecule has 1 fully saturated rings. The Labute approximate surface area is 157 Å². The summed E-state index contributed by atoms with van der Waals surface area (Å²) >= 11 is 0. The van der Waals surface area contributed by atoms with Crippen LogP contribution in [-0.4, -0.2) is 72.0 Å². The third kappa shape index (κ3) is 6.09. The highest BCUT2D eigenvalue weighted by molar-refractivity contribution is 6.36. The molecule has 4 N–H and O–H groups in total. The van der Waals surface area contributed by atoms with Crippen molar-refractivity contribution in [3.63, 3.8) is 0 Å². The van der Waals surface area contributed by atoms with Gasteiger partial charge in [-0.15, -0.1) is 0 Å². The summed E-state index contributed by atoms with van der Waals surface area (Å²) in [6.45, 7) is 0.178. The average molecular weight is 410 g/mol. The molecule has 1 rings (SSSR count).